The minimum Gasteiger partial charge on any atom is -0.366 e. The van der Waals surface area contributed by atoms with Crippen molar-refractivity contribution in [3.63, 3.8) is 0 Å². The Balaban J connectivity index is 2.11. The maximum Gasteiger partial charge on any atom is 0.0389 e. The summed E-state index contributed by atoms with van der Waals surface area (Å²) in [5, 5.41) is 0. The molecule has 0 aromatic heterocycles. The van der Waals surface area contributed by atoms with Gasteiger partial charge in [-0.25, -0.2) is 0 Å². The zero-order valence-electron chi connectivity index (χ0n) is 10.6. The van der Waals surface area contributed by atoms with E-state index in [9.17, 15) is 0 Å². The first-order chi connectivity index (χ1) is 7.70. The van der Waals surface area contributed by atoms with Crippen molar-refractivity contribution < 1.29 is 0 Å². The highest BCUT2D eigenvalue weighted by Gasteiger charge is 2.22. The van der Waals surface area contributed by atoms with Gasteiger partial charge in [0.2, 0.25) is 0 Å². The summed E-state index contributed by atoms with van der Waals surface area (Å²) in [6.45, 7) is 11.4. The van der Waals surface area contributed by atoms with Crippen molar-refractivity contribution in [3.05, 3.63) is 29.8 Å². The molecule has 1 unspecified atom stereocenters. The van der Waals surface area contributed by atoms with Gasteiger partial charge in [0.1, 0.15) is 0 Å². The average molecular weight is 218 g/mol. The van der Waals surface area contributed by atoms with Crippen LogP contribution in [0.5, 0.6) is 0 Å². The van der Waals surface area contributed by atoms with Gasteiger partial charge in [-0.1, -0.05) is 19.1 Å². The number of benzene rings is 1. The first-order valence-corrected chi connectivity index (χ1v) is 6.26. The van der Waals surface area contributed by atoms with E-state index < -0.39 is 0 Å². The third-order valence-corrected chi connectivity index (χ3v) is 3.49. The second-order valence-electron chi connectivity index (χ2n) is 4.77. The summed E-state index contributed by atoms with van der Waals surface area (Å²) in [5.74, 6) is 0. The Kier molecular flexibility index (Phi) is 3.49. The number of likely N-dealkylation sites (N-methyl/N-ethyl adjacent to an activating group) is 1. The SMILES string of the molecule is CCN1CCN(c2cccc(C)c2)C(C)C1. The molecule has 0 N–H and O–H groups in total. The van der Waals surface area contributed by atoms with Gasteiger partial charge in [0.15, 0.2) is 0 Å². The van der Waals surface area contributed by atoms with Gasteiger partial charge in [-0.05, 0) is 38.1 Å². The lowest BCUT2D eigenvalue weighted by atomic mass is 10.1. The normalized spacial score (nSPS) is 22.4. The molecule has 1 aliphatic rings. The minimum atomic E-state index is 0.621. The van der Waals surface area contributed by atoms with Gasteiger partial charge in [0.25, 0.3) is 0 Å². The summed E-state index contributed by atoms with van der Waals surface area (Å²) in [6, 6.07) is 9.46. The molecule has 1 saturated heterocycles. The van der Waals surface area contributed by atoms with Crippen LogP contribution in [0.25, 0.3) is 0 Å². The molecule has 16 heavy (non-hydrogen) atoms. The molecule has 1 atom stereocenters. The van der Waals surface area contributed by atoms with Crippen LogP contribution in [0.15, 0.2) is 24.3 Å². The minimum absolute atomic E-state index is 0.621. The molecule has 1 aliphatic heterocycles. The fourth-order valence-electron chi connectivity index (χ4n) is 2.51. The highest BCUT2D eigenvalue weighted by molar-refractivity contribution is 5.49. The topological polar surface area (TPSA) is 6.48 Å². The van der Waals surface area contributed by atoms with Crippen LogP contribution in [-0.4, -0.2) is 37.1 Å². The fourth-order valence-corrected chi connectivity index (χ4v) is 2.51. The van der Waals surface area contributed by atoms with Crippen LogP contribution < -0.4 is 4.90 Å². The molecule has 1 fully saturated rings. The molecule has 0 aliphatic carbocycles. The van der Waals surface area contributed by atoms with Crippen molar-refractivity contribution >= 4 is 5.69 Å². The Bertz CT molecular complexity index is 348. The molecule has 1 aromatic carbocycles. The monoisotopic (exact) mass is 218 g/mol. The zero-order valence-corrected chi connectivity index (χ0v) is 10.6. The molecule has 0 amide bonds. The van der Waals surface area contributed by atoms with Crippen molar-refractivity contribution in [2.75, 3.05) is 31.1 Å². The molecule has 0 saturated carbocycles. The standard InChI is InChI=1S/C14H22N2/c1-4-15-8-9-16(13(3)11-15)14-7-5-6-12(2)10-14/h5-7,10,13H,4,8-9,11H2,1-3H3. The van der Waals surface area contributed by atoms with Gasteiger partial charge in [-0.15, -0.1) is 0 Å². The van der Waals surface area contributed by atoms with Crippen LogP contribution in [-0.2, 0) is 0 Å². The molecule has 0 radical (unpaired) electrons. The Morgan fingerprint density at radius 1 is 1.31 bits per heavy atom. The lowest BCUT2D eigenvalue weighted by Crippen LogP contribution is -2.51. The predicted octanol–water partition coefficient (Wildman–Crippen LogP) is 2.53. The molecule has 2 nitrogen and oxygen atoms in total. The quantitative estimate of drug-likeness (QED) is 0.752. The number of hydrogen-bond donors (Lipinski definition) is 0. The van der Waals surface area contributed by atoms with E-state index in [1.807, 2.05) is 0 Å². The zero-order chi connectivity index (χ0) is 11.5. The number of rotatable bonds is 2. The third kappa shape index (κ3) is 2.38. The summed E-state index contributed by atoms with van der Waals surface area (Å²) < 4.78 is 0. The smallest absolute Gasteiger partial charge is 0.0389 e. The largest absolute Gasteiger partial charge is 0.366 e. The first kappa shape index (κ1) is 11.5. The highest BCUT2D eigenvalue weighted by atomic mass is 15.3. The first-order valence-electron chi connectivity index (χ1n) is 6.26. The molecule has 1 heterocycles. The molecular weight excluding hydrogens is 196 g/mol. The van der Waals surface area contributed by atoms with Crippen molar-refractivity contribution in [2.24, 2.45) is 0 Å². The molecule has 0 bridgehead atoms. The van der Waals surface area contributed by atoms with Crippen molar-refractivity contribution in [2.45, 2.75) is 26.8 Å². The van der Waals surface area contributed by atoms with Crippen LogP contribution in [0.2, 0.25) is 0 Å². The number of piperazine rings is 1. The van der Waals surface area contributed by atoms with Gasteiger partial charge < -0.3 is 4.90 Å². The molecule has 2 heteroatoms. The van der Waals surface area contributed by atoms with Crippen LogP contribution in [0.1, 0.15) is 19.4 Å². The summed E-state index contributed by atoms with van der Waals surface area (Å²) in [4.78, 5) is 5.05. The van der Waals surface area contributed by atoms with E-state index in [0.717, 1.165) is 6.54 Å². The number of anilines is 1. The molecule has 1 aromatic rings. The van der Waals surface area contributed by atoms with Gasteiger partial charge in [0, 0.05) is 31.4 Å². The molecule has 0 spiro atoms. The van der Waals surface area contributed by atoms with Crippen molar-refractivity contribution in [3.8, 4) is 0 Å². The number of hydrogen-bond acceptors (Lipinski definition) is 2. The maximum absolute atomic E-state index is 2.53. The Morgan fingerprint density at radius 3 is 2.75 bits per heavy atom. The summed E-state index contributed by atoms with van der Waals surface area (Å²) in [5.41, 5.74) is 2.73. The third-order valence-electron chi connectivity index (χ3n) is 3.49. The second-order valence-corrected chi connectivity index (χ2v) is 4.77. The van der Waals surface area contributed by atoms with E-state index in [1.165, 1.54) is 30.9 Å². The maximum atomic E-state index is 2.53. The van der Waals surface area contributed by atoms with Gasteiger partial charge in [-0.3, -0.25) is 4.90 Å². The Hall–Kier alpha value is -1.02. The predicted molar refractivity (Wildman–Crippen MR) is 70.1 cm³/mol. The highest BCUT2D eigenvalue weighted by Crippen LogP contribution is 2.21. The number of nitrogens with zero attached hydrogens (tertiary/aromatic N) is 2. The number of aryl methyl sites for hydroxylation is 1. The summed E-state index contributed by atoms with van der Waals surface area (Å²) in [6.07, 6.45) is 0. The molecular formula is C14H22N2. The summed E-state index contributed by atoms with van der Waals surface area (Å²) >= 11 is 0. The van der Waals surface area contributed by atoms with Gasteiger partial charge in [-0.2, -0.15) is 0 Å². The molecule has 2 rings (SSSR count). The van der Waals surface area contributed by atoms with E-state index in [4.69, 9.17) is 0 Å². The van der Waals surface area contributed by atoms with Crippen molar-refractivity contribution in [1.82, 2.24) is 4.90 Å². The summed E-state index contributed by atoms with van der Waals surface area (Å²) in [7, 11) is 0. The van der Waals surface area contributed by atoms with E-state index in [0.29, 0.717) is 6.04 Å². The van der Waals surface area contributed by atoms with Crippen LogP contribution in [0, 0.1) is 6.92 Å². The second kappa shape index (κ2) is 4.88. The van der Waals surface area contributed by atoms with Crippen molar-refractivity contribution in [1.29, 1.82) is 0 Å². The van der Waals surface area contributed by atoms with E-state index >= 15 is 0 Å². The lowest BCUT2D eigenvalue weighted by Gasteiger charge is -2.41. The Morgan fingerprint density at radius 2 is 2.12 bits per heavy atom. The van der Waals surface area contributed by atoms with E-state index in [-0.39, 0.29) is 0 Å². The average Bonchev–Trinajstić information content (AvgIpc) is 2.28. The van der Waals surface area contributed by atoms with Gasteiger partial charge >= 0.3 is 0 Å². The molecule has 88 valence electrons. The van der Waals surface area contributed by atoms with Crippen LogP contribution >= 0.6 is 0 Å². The van der Waals surface area contributed by atoms with E-state index in [1.54, 1.807) is 0 Å². The Labute approximate surface area is 98.9 Å². The van der Waals surface area contributed by atoms with E-state index in [2.05, 4.69) is 54.8 Å². The fraction of sp³-hybridized carbons (Fsp3) is 0.571. The van der Waals surface area contributed by atoms with Crippen LogP contribution in [0.4, 0.5) is 5.69 Å². The van der Waals surface area contributed by atoms with Gasteiger partial charge in [0.05, 0.1) is 0 Å². The lowest BCUT2D eigenvalue weighted by molar-refractivity contribution is 0.240. The van der Waals surface area contributed by atoms with Crippen LogP contribution in [0.3, 0.4) is 0 Å².